The SMILES string of the molecule is CCN1CCN(C(=O)c2sc3cc(Cl)ccc3c2N)CC1. The zero-order chi connectivity index (χ0) is 15.0. The molecule has 2 N–H and O–H groups in total. The van der Waals surface area contributed by atoms with E-state index in [9.17, 15) is 4.79 Å². The van der Waals surface area contributed by atoms with Crippen LogP contribution in [0.25, 0.3) is 10.1 Å². The van der Waals surface area contributed by atoms with E-state index in [-0.39, 0.29) is 5.91 Å². The highest BCUT2D eigenvalue weighted by atomic mass is 35.5. The summed E-state index contributed by atoms with van der Waals surface area (Å²) in [5, 5.41) is 1.58. The van der Waals surface area contributed by atoms with E-state index in [0.717, 1.165) is 42.8 Å². The van der Waals surface area contributed by atoms with Crippen molar-refractivity contribution in [3.8, 4) is 0 Å². The topological polar surface area (TPSA) is 49.6 Å². The number of hydrogen-bond donors (Lipinski definition) is 1. The standard InChI is InChI=1S/C15H18ClN3OS/c1-2-18-5-7-19(8-6-18)15(20)14-13(17)11-4-3-10(16)9-12(11)21-14/h3-4,9H,2,5-8,17H2,1H3. The number of carbonyl (C=O) groups is 1. The molecule has 1 fully saturated rings. The minimum atomic E-state index is 0.0422. The van der Waals surface area contributed by atoms with Crippen LogP contribution < -0.4 is 5.73 Å². The summed E-state index contributed by atoms with van der Waals surface area (Å²) in [6.45, 7) is 6.57. The molecular formula is C15H18ClN3OS. The fraction of sp³-hybridized carbons (Fsp3) is 0.400. The van der Waals surface area contributed by atoms with Gasteiger partial charge in [-0.2, -0.15) is 0 Å². The maximum absolute atomic E-state index is 12.7. The van der Waals surface area contributed by atoms with E-state index in [1.807, 2.05) is 17.0 Å². The number of benzene rings is 1. The second kappa shape index (κ2) is 5.83. The summed E-state index contributed by atoms with van der Waals surface area (Å²) in [5.41, 5.74) is 6.74. The molecule has 0 radical (unpaired) electrons. The molecule has 2 heterocycles. The van der Waals surface area contributed by atoms with Crippen LogP contribution in [-0.2, 0) is 0 Å². The number of thiophene rings is 1. The highest BCUT2D eigenvalue weighted by Crippen LogP contribution is 2.36. The summed E-state index contributed by atoms with van der Waals surface area (Å²) in [5.74, 6) is 0.0422. The molecule has 2 aromatic rings. The molecule has 0 aliphatic carbocycles. The first-order valence-electron chi connectivity index (χ1n) is 7.09. The predicted molar refractivity (Wildman–Crippen MR) is 89.3 cm³/mol. The second-order valence-electron chi connectivity index (χ2n) is 5.21. The zero-order valence-electron chi connectivity index (χ0n) is 11.9. The Morgan fingerprint density at radius 2 is 2.05 bits per heavy atom. The molecule has 1 aliphatic rings. The van der Waals surface area contributed by atoms with Crippen molar-refractivity contribution in [3.05, 3.63) is 28.1 Å². The third-order valence-electron chi connectivity index (χ3n) is 3.99. The van der Waals surface area contributed by atoms with Gasteiger partial charge in [-0.15, -0.1) is 11.3 Å². The quantitative estimate of drug-likeness (QED) is 0.924. The van der Waals surface area contributed by atoms with Crippen LogP contribution in [0.4, 0.5) is 5.69 Å². The van der Waals surface area contributed by atoms with Crippen LogP contribution in [0.2, 0.25) is 5.02 Å². The van der Waals surface area contributed by atoms with E-state index in [0.29, 0.717) is 15.6 Å². The maximum atomic E-state index is 12.7. The molecule has 1 aliphatic heterocycles. The number of nitrogens with two attached hydrogens (primary N) is 1. The van der Waals surface area contributed by atoms with Gasteiger partial charge in [0.05, 0.1) is 5.69 Å². The third kappa shape index (κ3) is 2.73. The Kier molecular flexibility index (Phi) is 4.06. The molecule has 3 rings (SSSR count). The second-order valence-corrected chi connectivity index (χ2v) is 6.70. The van der Waals surface area contributed by atoms with Crippen molar-refractivity contribution >= 4 is 44.6 Å². The molecule has 112 valence electrons. The summed E-state index contributed by atoms with van der Waals surface area (Å²) in [6, 6.07) is 5.56. The fourth-order valence-corrected chi connectivity index (χ4v) is 4.03. The molecule has 1 aromatic carbocycles. The molecule has 4 nitrogen and oxygen atoms in total. The van der Waals surface area contributed by atoms with Gasteiger partial charge < -0.3 is 15.5 Å². The Hall–Kier alpha value is -1.30. The van der Waals surface area contributed by atoms with Crippen LogP contribution in [-0.4, -0.2) is 48.4 Å². The summed E-state index contributed by atoms with van der Waals surface area (Å²) in [4.78, 5) is 17.6. The number of likely N-dealkylation sites (N-methyl/N-ethyl adjacent to an activating group) is 1. The van der Waals surface area contributed by atoms with Crippen LogP contribution in [0, 0.1) is 0 Å². The lowest BCUT2D eigenvalue weighted by Gasteiger charge is -2.33. The number of rotatable bonds is 2. The average molecular weight is 324 g/mol. The van der Waals surface area contributed by atoms with Crippen molar-refractivity contribution in [3.63, 3.8) is 0 Å². The van der Waals surface area contributed by atoms with Gasteiger partial charge in [-0.3, -0.25) is 4.79 Å². The van der Waals surface area contributed by atoms with Crippen LogP contribution in [0.3, 0.4) is 0 Å². The lowest BCUT2D eigenvalue weighted by molar-refractivity contribution is 0.0649. The smallest absolute Gasteiger partial charge is 0.266 e. The van der Waals surface area contributed by atoms with E-state index in [4.69, 9.17) is 17.3 Å². The first-order valence-corrected chi connectivity index (χ1v) is 8.28. The molecule has 1 amide bonds. The molecule has 0 unspecified atom stereocenters. The molecule has 6 heteroatoms. The van der Waals surface area contributed by atoms with Gasteiger partial charge in [0.25, 0.3) is 5.91 Å². The molecule has 0 bridgehead atoms. The van der Waals surface area contributed by atoms with Gasteiger partial charge in [0, 0.05) is 41.3 Å². The molecular weight excluding hydrogens is 306 g/mol. The van der Waals surface area contributed by atoms with E-state index in [1.165, 1.54) is 11.3 Å². The van der Waals surface area contributed by atoms with E-state index < -0.39 is 0 Å². The van der Waals surface area contributed by atoms with Crippen molar-refractivity contribution in [2.45, 2.75) is 6.92 Å². The number of fused-ring (bicyclic) bond motifs is 1. The number of hydrogen-bond acceptors (Lipinski definition) is 4. The summed E-state index contributed by atoms with van der Waals surface area (Å²) >= 11 is 7.44. The molecule has 0 atom stereocenters. The van der Waals surface area contributed by atoms with Crippen molar-refractivity contribution in [2.75, 3.05) is 38.5 Å². The van der Waals surface area contributed by atoms with Gasteiger partial charge in [0.1, 0.15) is 4.88 Å². The van der Waals surface area contributed by atoms with Gasteiger partial charge in [0.2, 0.25) is 0 Å². The van der Waals surface area contributed by atoms with Crippen LogP contribution >= 0.6 is 22.9 Å². The van der Waals surface area contributed by atoms with E-state index >= 15 is 0 Å². The largest absolute Gasteiger partial charge is 0.397 e. The lowest BCUT2D eigenvalue weighted by atomic mass is 10.2. The number of nitrogen functional groups attached to an aromatic ring is 1. The van der Waals surface area contributed by atoms with Crippen molar-refractivity contribution in [1.29, 1.82) is 0 Å². The van der Waals surface area contributed by atoms with Crippen LogP contribution in [0.5, 0.6) is 0 Å². The number of amides is 1. The Balaban J connectivity index is 1.86. The average Bonchev–Trinajstić information content (AvgIpc) is 2.83. The molecule has 1 aromatic heterocycles. The van der Waals surface area contributed by atoms with Gasteiger partial charge in [-0.05, 0) is 24.7 Å². The van der Waals surface area contributed by atoms with Gasteiger partial charge in [0.15, 0.2) is 0 Å². The minimum absolute atomic E-state index is 0.0422. The summed E-state index contributed by atoms with van der Waals surface area (Å²) < 4.78 is 0.968. The fourth-order valence-electron chi connectivity index (χ4n) is 2.66. The first kappa shape index (κ1) is 14.6. The lowest BCUT2D eigenvalue weighted by Crippen LogP contribution is -2.48. The Bertz CT molecular complexity index is 677. The molecule has 21 heavy (non-hydrogen) atoms. The molecule has 0 saturated carbocycles. The molecule has 1 saturated heterocycles. The predicted octanol–water partition coefficient (Wildman–Crippen LogP) is 2.91. The number of halogens is 1. The summed E-state index contributed by atoms with van der Waals surface area (Å²) in [6.07, 6.45) is 0. The van der Waals surface area contributed by atoms with Gasteiger partial charge >= 0.3 is 0 Å². The van der Waals surface area contributed by atoms with E-state index in [1.54, 1.807) is 6.07 Å². The van der Waals surface area contributed by atoms with Crippen molar-refractivity contribution in [1.82, 2.24) is 9.80 Å². The Morgan fingerprint density at radius 1 is 1.33 bits per heavy atom. The van der Waals surface area contributed by atoms with Crippen LogP contribution in [0.1, 0.15) is 16.6 Å². The van der Waals surface area contributed by atoms with Crippen LogP contribution in [0.15, 0.2) is 18.2 Å². The minimum Gasteiger partial charge on any atom is -0.397 e. The normalized spacial score (nSPS) is 16.6. The highest BCUT2D eigenvalue weighted by molar-refractivity contribution is 7.21. The third-order valence-corrected chi connectivity index (χ3v) is 5.38. The number of anilines is 1. The first-order chi connectivity index (χ1) is 10.1. The van der Waals surface area contributed by atoms with Gasteiger partial charge in [-0.25, -0.2) is 0 Å². The molecule has 0 spiro atoms. The van der Waals surface area contributed by atoms with E-state index in [2.05, 4.69) is 11.8 Å². The van der Waals surface area contributed by atoms with Gasteiger partial charge in [-0.1, -0.05) is 18.5 Å². The highest BCUT2D eigenvalue weighted by Gasteiger charge is 2.25. The number of piperazine rings is 1. The number of nitrogens with zero attached hydrogens (tertiary/aromatic N) is 2. The Labute approximate surface area is 133 Å². The Morgan fingerprint density at radius 3 is 2.71 bits per heavy atom. The maximum Gasteiger partial charge on any atom is 0.266 e. The monoisotopic (exact) mass is 323 g/mol. The number of carbonyl (C=O) groups excluding carboxylic acids is 1. The van der Waals surface area contributed by atoms with Crippen molar-refractivity contribution < 1.29 is 4.79 Å². The summed E-state index contributed by atoms with van der Waals surface area (Å²) in [7, 11) is 0. The van der Waals surface area contributed by atoms with Crippen molar-refractivity contribution in [2.24, 2.45) is 0 Å². The zero-order valence-corrected chi connectivity index (χ0v) is 13.5.